The van der Waals surface area contributed by atoms with Crippen molar-refractivity contribution in [3.8, 4) is 6.07 Å². The Balaban J connectivity index is 2.16. The smallest absolute Gasteiger partial charge is 0.287 e. The van der Waals surface area contributed by atoms with Crippen molar-refractivity contribution in [1.82, 2.24) is 4.90 Å². The van der Waals surface area contributed by atoms with E-state index in [2.05, 4.69) is 4.90 Å². The van der Waals surface area contributed by atoms with E-state index >= 15 is 0 Å². The van der Waals surface area contributed by atoms with Crippen LogP contribution < -0.4 is 0 Å². The highest BCUT2D eigenvalue weighted by Gasteiger charge is 2.16. The Hall–Kier alpha value is -1.97. The first-order chi connectivity index (χ1) is 8.70. The van der Waals surface area contributed by atoms with Gasteiger partial charge in [0.25, 0.3) is 5.69 Å². The maximum atomic E-state index is 10.8. The lowest BCUT2D eigenvalue weighted by atomic mass is 10.1. The molecule has 0 radical (unpaired) electrons. The van der Waals surface area contributed by atoms with Gasteiger partial charge < -0.3 is 4.74 Å². The third kappa shape index (κ3) is 2.83. The highest BCUT2D eigenvalue weighted by atomic mass is 16.6. The lowest BCUT2D eigenvalue weighted by Gasteiger charge is -2.26. The number of ether oxygens (including phenoxy) is 1. The minimum absolute atomic E-state index is 0.103. The molecule has 1 aliphatic heterocycles. The number of morpholine rings is 1. The molecule has 1 saturated heterocycles. The second-order valence-electron chi connectivity index (χ2n) is 4.11. The number of nitro groups is 1. The van der Waals surface area contributed by atoms with Gasteiger partial charge in [0.1, 0.15) is 11.6 Å². The number of nitro benzene ring substituents is 1. The van der Waals surface area contributed by atoms with Gasteiger partial charge in [-0.25, -0.2) is 0 Å². The van der Waals surface area contributed by atoms with E-state index in [0.29, 0.717) is 19.8 Å². The monoisotopic (exact) mass is 247 g/mol. The van der Waals surface area contributed by atoms with Gasteiger partial charge in [0.2, 0.25) is 0 Å². The number of benzene rings is 1. The SMILES string of the molecule is N#Cc1ccc(CN2CCOCC2)cc1[N+](=O)[O-]. The molecule has 0 atom stereocenters. The first-order valence-electron chi connectivity index (χ1n) is 5.68. The van der Waals surface area contributed by atoms with Crippen LogP contribution in [0.1, 0.15) is 11.1 Å². The van der Waals surface area contributed by atoms with Gasteiger partial charge in [0.15, 0.2) is 0 Å². The third-order valence-corrected chi connectivity index (χ3v) is 2.89. The summed E-state index contributed by atoms with van der Waals surface area (Å²) in [4.78, 5) is 12.5. The molecule has 6 nitrogen and oxygen atoms in total. The Kier molecular flexibility index (Phi) is 3.87. The van der Waals surface area contributed by atoms with Gasteiger partial charge in [-0.3, -0.25) is 15.0 Å². The maximum Gasteiger partial charge on any atom is 0.287 e. The van der Waals surface area contributed by atoms with E-state index in [-0.39, 0.29) is 11.3 Å². The fraction of sp³-hybridized carbons (Fsp3) is 0.417. The van der Waals surface area contributed by atoms with E-state index < -0.39 is 4.92 Å². The van der Waals surface area contributed by atoms with Gasteiger partial charge in [-0.15, -0.1) is 0 Å². The van der Waals surface area contributed by atoms with Crippen LogP contribution >= 0.6 is 0 Å². The molecule has 0 N–H and O–H groups in total. The molecule has 1 heterocycles. The summed E-state index contributed by atoms with van der Waals surface area (Å²) in [7, 11) is 0. The average Bonchev–Trinajstić information content (AvgIpc) is 2.40. The van der Waals surface area contributed by atoms with Crippen LogP contribution in [0.4, 0.5) is 5.69 Å². The van der Waals surface area contributed by atoms with Crippen LogP contribution in [0.3, 0.4) is 0 Å². The zero-order chi connectivity index (χ0) is 13.0. The van der Waals surface area contributed by atoms with Crippen molar-refractivity contribution in [2.24, 2.45) is 0 Å². The molecular weight excluding hydrogens is 234 g/mol. The number of hydrogen-bond donors (Lipinski definition) is 0. The largest absolute Gasteiger partial charge is 0.379 e. The lowest BCUT2D eigenvalue weighted by molar-refractivity contribution is -0.385. The topological polar surface area (TPSA) is 79.4 Å². The predicted molar refractivity (Wildman–Crippen MR) is 63.9 cm³/mol. The molecular formula is C12H13N3O3. The molecule has 1 aromatic carbocycles. The summed E-state index contributed by atoms with van der Waals surface area (Å²) < 4.78 is 5.24. The molecule has 6 heteroatoms. The van der Waals surface area contributed by atoms with Crippen molar-refractivity contribution < 1.29 is 9.66 Å². The summed E-state index contributed by atoms with van der Waals surface area (Å²) in [6.45, 7) is 3.69. The molecule has 0 amide bonds. The fourth-order valence-corrected chi connectivity index (χ4v) is 1.94. The third-order valence-electron chi connectivity index (χ3n) is 2.89. The van der Waals surface area contributed by atoms with Crippen molar-refractivity contribution in [3.05, 3.63) is 39.4 Å². The minimum atomic E-state index is -0.513. The molecule has 0 spiro atoms. The number of nitrogens with zero attached hydrogens (tertiary/aromatic N) is 3. The maximum absolute atomic E-state index is 10.8. The zero-order valence-electron chi connectivity index (χ0n) is 9.83. The van der Waals surface area contributed by atoms with E-state index in [1.54, 1.807) is 6.07 Å². The zero-order valence-corrected chi connectivity index (χ0v) is 9.83. The summed E-state index contributed by atoms with van der Waals surface area (Å²) in [5, 5.41) is 19.6. The molecule has 1 aromatic rings. The Morgan fingerprint density at radius 1 is 1.44 bits per heavy atom. The van der Waals surface area contributed by atoms with Gasteiger partial charge in [-0.05, 0) is 11.6 Å². The van der Waals surface area contributed by atoms with Gasteiger partial charge >= 0.3 is 0 Å². The van der Waals surface area contributed by atoms with E-state index in [4.69, 9.17) is 10.00 Å². The first kappa shape index (κ1) is 12.5. The number of hydrogen-bond acceptors (Lipinski definition) is 5. The van der Waals surface area contributed by atoms with Crippen LogP contribution in [-0.4, -0.2) is 36.1 Å². The molecule has 1 fully saturated rings. The molecule has 0 aliphatic carbocycles. The number of nitriles is 1. The lowest BCUT2D eigenvalue weighted by Crippen LogP contribution is -2.35. The van der Waals surface area contributed by atoms with Crippen LogP contribution in [0, 0.1) is 21.4 Å². The quantitative estimate of drug-likeness (QED) is 0.594. The van der Waals surface area contributed by atoms with Crippen LogP contribution in [0.5, 0.6) is 0 Å². The van der Waals surface area contributed by atoms with Crippen molar-refractivity contribution in [2.45, 2.75) is 6.54 Å². The summed E-state index contributed by atoms with van der Waals surface area (Å²) in [6, 6.07) is 6.59. The van der Waals surface area contributed by atoms with Crippen LogP contribution in [0.25, 0.3) is 0 Å². The Bertz CT molecular complexity index is 490. The Morgan fingerprint density at radius 2 is 2.17 bits per heavy atom. The van der Waals surface area contributed by atoms with Crippen LogP contribution in [0.2, 0.25) is 0 Å². The van der Waals surface area contributed by atoms with Crippen LogP contribution in [-0.2, 0) is 11.3 Å². The van der Waals surface area contributed by atoms with Gasteiger partial charge in [0, 0.05) is 25.7 Å². The molecule has 0 saturated carbocycles. The molecule has 18 heavy (non-hydrogen) atoms. The van der Waals surface area contributed by atoms with E-state index in [1.165, 1.54) is 12.1 Å². The van der Waals surface area contributed by atoms with Crippen molar-refractivity contribution in [2.75, 3.05) is 26.3 Å². The van der Waals surface area contributed by atoms with Gasteiger partial charge in [-0.1, -0.05) is 6.07 Å². The standard InChI is InChI=1S/C12H13N3O3/c13-8-11-2-1-10(7-12(11)15(16)17)9-14-3-5-18-6-4-14/h1-2,7H,3-6,9H2. The second kappa shape index (κ2) is 5.58. The predicted octanol–water partition coefficient (Wildman–Crippen LogP) is 1.30. The normalized spacial score (nSPS) is 16.2. The highest BCUT2D eigenvalue weighted by molar-refractivity contribution is 5.50. The average molecular weight is 247 g/mol. The molecule has 0 aromatic heterocycles. The molecule has 2 rings (SSSR count). The van der Waals surface area contributed by atoms with Gasteiger partial charge in [-0.2, -0.15) is 5.26 Å². The fourth-order valence-electron chi connectivity index (χ4n) is 1.94. The van der Waals surface area contributed by atoms with E-state index in [9.17, 15) is 10.1 Å². The van der Waals surface area contributed by atoms with Crippen molar-refractivity contribution in [3.63, 3.8) is 0 Å². The summed E-state index contributed by atoms with van der Waals surface area (Å²) >= 11 is 0. The summed E-state index contributed by atoms with van der Waals surface area (Å²) in [5.41, 5.74) is 0.830. The molecule has 0 bridgehead atoms. The summed E-state index contributed by atoms with van der Waals surface area (Å²) in [6.07, 6.45) is 0. The number of rotatable bonds is 3. The summed E-state index contributed by atoms with van der Waals surface area (Å²) in [5.74, 6) is 0. The van der Waals surface area contributed by atoms with Crippen LogP contribution in [0.15, 0.2) is 18.2 Å². The minimum Gasteiger partial charge on any atom is -0.379 e. The molecule has 1 aliphatic rings. The van der Waals surface area contributed by atoms with Crippen molar-refractivity contribution in [1.29, 1.82) is 5.26 Å². The molecule has 94 valence electrons. The van der Waals surface area contributed by atoms with Crippen molar-refractivity contribution >= 4 is 5.69 Å². The Morgan fingerprint density at radius 3 is 2.78 bits per heavy atom. The first-order valence-corrected chi connectivity index (χ1v) is 5.68. The van der Waals surface area contributed by atoms with E-state index in [0.717, 1.165) is 18.7 Å². The molecule has 0 unspecified atom stereocenters. The van der Waals surface area contributed by atoms with Gasteiger partial charge in [0.05, 0.1) is 18.1 Å². The highest BCUT2D eigenvalue weighted by Crippen LogP contribution is 2.20. The Labute approximate surface area is 105 Å². The second-order valence-corrected chi connectivity index (χ2v) is 4.11. The van der Waals surface area contributed by atoms with E-state index in [1.807, 2.05) is 6.07 Å².